The highest BCUT2D eigenvalue weighted by molar-refractivity contribution is 5.80. The zero-order valence-electron chi connectivity index (χ0n) is 25.7. The summed E-state index contributed by atoms with van der Waals surface area (Å²) in [5.74, 6) is 1.81. The van der Waals surface area contributed by atoms with Gasteiger partial charge in [0, 0.05) is 68.7 Å². The van der Waals surface area contributed by atoms with Crippen LogP contribution in [0, 0.1) is 11.8 Å². The van der Waals surface area contributed by atoms with Gasteiger partial charge in [0.1, 0.15) is 5.84 Å². The third-order valence-electron chi connectivity index (χ3n) is 7.62. The molecule has 6 heteroatoms. The lowest BCUT2D eigenvalue weighted by Gasteiger charge is -2.41. The largest absolute Gasteiger partial charge is 0.388 e. The van der Waals surface area contributed by atoms with Crippen molar-refractivity contribution in [3.8, 4) is 0 Å². The zero-order chi connectivity index (χ0) is 29.0. The van der Waals surface area contributed by atoms with Crippen molar-refractivity contribution in [2.45, 2.75) is 66.2 Å². The van der Waals surface area contributed by atoms with Crippen LogP contribution in [0.15, 0.2) is 83.3 Å². The minimum atomic E-state index is 0.290. The molecule has 1 aliphatic heterocycles. The first-order chi connectivity index (χ1) is 19.6. The summed E-state index contributed by atoms with van der Waals surface area (Å²) in [5, 5.41) is 3.90. The van der Waals surface area contributed by atoms with Crippen LogP contribution in [-0.2, 0) is 6.42 Å². The van der Waals surface area contributed by atoms with E-state index < -0.39 is 0 Å². The van der Waals surface area contributed by atoms with Gasteiger partial charge in [-0.25, -0.2) is 4.99 Å². The predicted octanol–water partition coefficient (Wildman–Crippen LogP) is 5.85. The van der Waals surface area contributed by atoms with E-state index in [9.17, 15) is 0 Å². The summed E-state index contributed by atoms with van der Waals surface area (Å²) < 4.78 is 0. The average Bonchev–Trinajstić information content (AvgIpc) is 2.99. The van der Waals surface area contributed by atoms with Crippen molar-refractivity contribution in [1.29, 1.82) is 0 Å². The van der Waals surface area contributed by atoms with Gasteiger partial charge in [0.2, 0.25) is 0 Å². The number of amidine groups is 1. The number of piperazine rings is 1. The summed E-state index contributed by atoms with van der Waals surface area (Å²) in [7, 11) is 0. The molecule has 1 aliphatic rings. The number of aliphatic imine (C=N–C) groups is 1. The quantitative estimate of drug-likeness (QED) is 0.0984. The third-order valence-corrected chi connectivity index (χ3v) is 7.62. The molecule has 2 atom stereocenters. The Labute approximate surface area is 245 Å². The van der Waals surface area contributed by atoms with E-state index >= 15 is 0 Å². The van der Waals surface area contributed by atoms with Crippen molar-refractivity contribution >= 4 is 5.84 Å². The second kappa shape index (κ2) is 20.1. The van der Waals surface area contributed by atoms with Crippen molar-refractivity contribution < 1.29 is 0 Å². The number of unbranched alkanes of at least 4 members (excludes halogenated alkanes) is 1. The zero-order valence-corrected chi connectivity index (χ0v) is 25.7. The van der Waals surface area contributed by atoms with Crippen molar-refractivity contribution in [2.24, 2.45) is 28.3 Å². The van der Waals surface area contributed by atoms with Crippen LogP contribution < -0.4 is 16.8 Å². The summed E-state index contributed by atoms with van der Waals surface area (Å²) in [4.78, 5) is 9.66. The smallest absolute Gasteiger partial charge is 0.101 e. The van der Waals surface area contributed by atoms with E-state index in [0.29, 0.717) is 18.4 Å². The molecule has 1 saturated heterocycles. The Kier molecular flexibility index (Phi) is 16.8. The van der Waals surface area contributed by atoms with E-state index in [0.717, 1.165) is 83.6 Å². The molecule has 1 heterocycles. The summed E-state index contributed by atoms with van der Waals surface area (Å²) in [5.41, 5.74) is 16.3. The fourth-order valence-corrected chi connectivity index (χ4v) is 5.40. The molecule has 0 bridgehead atoms. The second-order valence-electron chi connectivity index (χ2n) is 10.6. The van der Waals surface area contributed by atoms with Crippen LogP contribution in [0.2, 0.25) is 0 Å². The fourth-order valence-electron chi connectivity index (χ4n) is 5.40. The molecule has 2 rings (SSSR count). The molecule has 1 fully saturated rings. The molecule has 40 heavy (non-hydrogen) atoms. The van der Waals surface area contributed by atoms with E-state index in [4.69, 9.17) is 11.5 Å². The van der Waals surface area contributed by atoms with E-state index in [-0.39, 0.29) is 0 Å². The van der Waals surface area contributed by atoms with Crippen LogP contribution in [0.25, 0.3) is 0 Å². The van der Waals surface area contributed by atoms with Gasteiger partial charge in [-0.1, -0.05) is 74.9 Å². The number of rotatable bonds is 17. The normalized spacial score (nSPS) is 17.2. The van der Waals surface area contributed by atoms with Crippen LogP contribution in [-0.4, -0.2) is 61.4 Å². The first-order valence-electron chi connectivity index (χ1n) is 15.5. The third kappa shape index (κ3) is 11.7. The lowest BCUT2D eigenvalue weighted by atomic mass is 9.92. The minimum absolute atomic E-state index is 0.290. The second-order valence-corrected chi connectivity index (χ2v) is 10.6. The molecule has 6 nitrogen and oxygen atoms in total. The highest BCUT2D eigenvalue weighted by Crippen LogP contribution is 2.25. The van der Waals surface area contributed by atoms with Gasteiger partial charge in [-0.3, -0.25) is 0 Å². The van der Waals surface area contributed by atoms with Crippen molar-refractivity contribution in [3.05, 3.63) is 83.9 Å². The number of nitrogens with two attached hydrogens (primary N) is 2. The van der Waals surface area contributed by atoms with Gasteiger partial charge < -0.3 is 26.6 Å². The fraction of sp³-hybridized carbons (Fsp3) is 0.559. The van der Waals surface area contributed by atoms with Crippen molar-refractivity contribution in [3.63, 3.8) is 0 Å². The van der Waals surface area contributed by atoms with Crippen LogP contribution in [0.5, 0.6) is 0 Å². The Morgan fingerprint density at radius 3 is 2.27 bits per heavy atom. The molecule has 5 N–H and O–H groups in total. The molecule has 0 aromatic heterocycles. The van der Waals surface area contributed by atoms with Gasteiger partial charge in [-0.15, -0.1) is 0 Å². The summed E-state index contributed by atoms with van der Waals surface area (Å²) in [6.07, 6.45) is 19.0. The van der Waals surface area contributed by atoms with Gasteiger partial charge in [0.05, 0.1) is 0 Å². The standard InChI is InChI=1S/C34H56N6/c1-5-8-14-21-37-29(4)39-22-24-40(25-23-39)34(16-7-3)31(19-12-13-20-35)28-38-33(15-6-2)32(27-36)26-30-17-10-9-11-18-30/h5,8-11,14-18,21,31-32,38H,6-7,12-13,19-20,22-28,35-36H2,1-4H3/b8-5+,21-14-,33-15+,34-16+,37-29?. The molecule has 222 valence electrons. The number of hydrogen-bond donors (Lipinski definition) is 3. The first kappa shape index (κ1) is 33.4. The van der Waals surface area contributed by atoms with E-state index in [1.165, 1.54) is 17.0 Å². The van der Waals surface area contributed by atoms with Crippen LogP contribution in [0.3, 0.4) is 0 Å². The molecule has 0 saturated carbocycles. The maximum Gasteiger partial charge on any atom is 0.101 e. The molecular formula is C34H56N6. The summed E-state index contributed by atoms with van der Waals surface area (Å²) in [6, 6.07) is 10.7. The average molecular weight is 549 g/mol. The van der Waals surface area contributed by atoms with Gasteiger partial charge >= 0.3 is 0 Å². The number of nitrogens with zero attached hydrogens (tertiary/aromatic N) is 3. The Bertz CT molecular complexity index is 954. The Balaban J connectivity index is 2.14. The summed E-state index contributed by atoms with van der Waals surface area (Å²) in [6.45, 7) is 14.9. The Morgan fingerprint density at radius 2 is 1.65 bits per heavy atom. The molecule has 0 amide bonds. The predicted molar refractivity (Wildman–Crippen MR) is 174 cm³/mol. The molecule has 2 unspecified atom stereocenters. The topological polar surface area (TPSA) is 82.9 Å². The molecule has 1 aromatic carbocycles. The van der Waals surface area contributed by atoms with Crippen LogP contribution in [0.1, 0.15) is 65.4 Å². The lowest BCUT2D eigenvalue weighted by Crippen LogP contribution is -2.49. The van der Waals surface area contributed by atoms with Gasteiger partial charge in [-0.2, -0.15) is 0 Å². The van der Waals surface area contributed by atoms with E-state index in [1.807, 2.05) is 31.4 Å². The minimum Gasteiger partial charge on any atom is -0.388 e. The van der Waals surface area contributed by atoms with Gasteiger partial charge in [0.15, 0.2) is 0 Å². The number of allylic oxidation sites excluding steroid dienone is 5. The molecular weight excluding hydrogens is 492 g/mol. The number of benzene rings is 1. The maximum absolute atomic E-state index is 6.33. The monoisotopic (exact) mass is 548 g/mol. The SMILES string of the molecule is C/C=C/C=C\N=C(C)N1CCN(/C(=C/CC)C(CCCCN)CN/C(=C/CC)C(CN)Cc2ccccc2)CC1. The number of hydrogen-bond acceptors (Lipinski definition) is 5. The molecule has 0 radical (unpaired) electrons. The molecule has 0 aliphatic carbocycles. The summed E-state index contributed by atoms with van der Waals surface area (Å²) >= 11 is 0. The highest BCUT2D eigenvalue weighted by atomic mass is 15.3. The lowest BCUT2D eigenvalue weighted by molar-refractivity contribution is 0.198. The number of nitrogens with one attached hydrogen (secondary N) is 1. The molecule has 0 spiro atoms. The van der Waals surface area contributed by atoms with Crippen LogP contribution >= 0.6 is 0 Å². The van der Waals surface area contributed by atoms with Crippen molar-refractivity contribution in [1.82, 2.24) is 15.1 Å². The van der Waals surface area contributed by atoms with Crippen molar-refractivity contribution in [2.75, 3.05) is 45.8 Å². The maximum atomic E-state index is 6.33. The Morgan fingerprint density at radius 1 is 0.950 bits per heavy atom. The van der Waals surface area contributed by atoms with Gasteiger partial charge in [0.25, 0.3) is 0 Å². The van der Waals surface area contributed by atoms with E-state index in [2.05, 4.69) is 83.4 Å². The Hall–Kier alpha value is -2.83. The van der Waals surface area contributed by atoms with Gasteiger partial charge in [-0.05, 0) is 64.1 Å². The molecule has 1 aromatic rings. The van der Waals surface area contributed by atoms with E-state index in [1.54, 1.807) is 0 Å². The highest BCUT2D eigenvalue weighted by Gasteiger charge is 2.25. The van der Waals surface area contributed by atoms with Crippen LogP contribution in [0.4, 0.5) is 0 Å². The first-order valence-corrected chi connectivity index (χ1v) is 15.5.